The molecule has 0 spiro atoms. The lowest BCUT2D eigenvalue weighted by Crippen LogP contribution is -2.13. The Hall–Kier alpha value is -7.62. The summed E-state index contributed by atoms with van der Waals surface area (Å²) in [5.74, 6) is 0. The van der Waals surface area contributed by atoms with Crippen molar-refractivity contribution in [3.8, 4) is 39.1 Å². The van der Waals surface area contributed by atoms with Gasteiger partial charge in [-0.25, -0.2) is 0 Å². The Bertz CT molecular complexity index is 3190. The Kier molecular flexibility index (Phi) is 7.82. The number of anilines is 3. The van der Waals surface area contributed by atoms with E-state index < -0.39 is 0 Å². The van der Waals surface area contributed by atoms with E-state index in [9.17, 15) is 0 Å². The minimum Gasteiger partial charge on any atom is -0.454 e. The van der Waals surface area contributed by atoms with Gasteiger partial charge < -0.3 is 13.9 Å². The first kappa shape index (κ1) is 32.8. The maximum Gasteiger partial charge on any atom is 0.159 e. The molecular formula is C54H36N2O. The summed E-state index contributed by atoms with van der Waals surface area (Å²) in [6.07, 6.45) is 0. The highest BCUT2D eigenvalue weighted by atomic mass is 16.3. The second-order valence-electron chi connectivity index (χ2n) is 14.5. The smallest absolute Gasteiger partial charge is 0.159 e. The third-order valence-corrected chi connectivity index (χ3v) is 11.2. The average molecular weight is 729 g/mol. The van der Waals surface area contributed by atoms with Crippen LogP contribution in [0.25, 0.3) is 82.8 Å². The number of furan rings is 1. The van der Waals surface area contributed by atoms with Gasteiger partial charge in [-0.05, 0) is 76.3 Å². The van der Waals surface area contributed by atoms with Gasteiger partial charge >= 0.3 is 0 Å². The van der Waals surface area contributed by atoms with Crippen LogP contribution < -0.4 is 4.90 Å². The van der Waals surface area contributed by atoms with Crippen LogP contribution in [-0.2, 0) is 0 Å². The van der Waals surface area contributed by atoms with Gasteiger partial charge in [-0.2, -0.15) is 0 Å². The van der Waals surface area contributed by atoms with E-state index in [-0.39, 0.29) is 0 Å². The summed E-state index contributed by atoms with van der Waals surface area (Å²) in [6, 6.07) is 78.1. The molecule has 2 heterocycles. The van der Waals surface area contributed by atoms with Gasteiger partial charge in [0.05, 0.1) is 22.4 Å². The van der Waals surface area contributed by atoms with Crippen molar-refractivity contribution in [2.75, 3.05) is 4.90 Å². The highest BCUT2D eigenvalue weighted by molar-refractivity contribution is 6.12. The summed E-state index contributed by atoms with van der Waals surface area (Å²) >= 11 is 0. The van der Waals surface area contributed by atoms with Crippen LogP contribution in [0.1, 0.15) is 0 Å². The van der Waals surface area contributed by atoms with Gasteiger partial charge in [-0.3, -0.25) is 0 Å². The van der Waals surface area contributed by atoms with Crippen LogP contribution in [0.15, 0.2) is 223 Å². The molecule has 2 aromatic heterocycles. The number of rotatable bonds is 7. The zero-order valence-electron chi connectivity index (χ0n) is 31.1. The average Bonchev–Trinajstić information content (AvgIpc) is 3.84. The molecule has 57 heavy (non-hydrogen) atoms. The molecule has 0 saturated heterocycles. The summed E-state index contributed by atoms with van der Waals surface area (Å²) in [6.45, 7) is 0. The van der Waals surface area contributed by atoms with Gasteiger partial charge in [0.25, 0.3) is 0 Å². The molecule has 0 aliphatic heterocycles. The molecule has 0 amide bonds. The number of hydrogen-bond acceptors (Lipinski definition) is 2. The number of para-hydroxylation sites is 4. The molecule has 0 fully saturated rings. The van der Waals surface area contributed by atoms with Crippen molar-refractivity contribution >= 4 is 60.8 Å². The summed E-state index contributed by atoms with van der Waals surface area (Å²) in [5, 5.41) is 4.65. The van der Waals surface area contributed by atoms with E-state index in [1.165, 1.54) is 32.9 Å². The number of aromatic nitrogens is 1. The molecule has 0 aliphatic rings. The Morgan fingerprint density at radius 3 is 1.63 bits per heavy atom. The van der Waals surface area contributed by atoms with Crippen LogP contribution in [0.3, 0.4) is 0 Å². The molecule has 0 radical (unpaired) electrons. The standard InChI is InChI=1S/C54H36N2O/c1-3-18-37(19-4-1)41-24-7-8-28-46(41)53-42(38-20-5-2-6-21-38)29-16-33-50(53)56(51-34-17-30-47-45-27-11-14-35-52(45)57-54(47)51)40-23-15-22-39(36-40)55-48-31-12-9-25-43(48)44-26-10-13-32-49(44)55/h1-36H. The molecule has 3 nitrogen and oxygen atoms in total. The molecular weight excluding hydrogens is 693 g/mol. The zero-order valence-corrected chi connectivity index (χ0v) is 31.1. The maximum atomic E-state index is 6.83. The molecule has 268 valence electrons. The van der Waals surface area contributed by atoms with Crippen LogP contribution in [-0.4, -0.2) is 4.57 Å². The van der Waals surface area contributed by atoms with E-state index in [0.29, 0.717) is 0 Å². The summed E-state index contributed by atoms with van der Waals surface area (Å²) in [7, 11) is 0. The monoisotopic (exact) mass is 728 g/mol. The summed E-state index contributed by atoms with van der Waals surface area (Å²) in [4.78, 5) is 2.41. The fourth-order valence-electron chi connectivity index (χ4n) is 8.73. The summed E-state index contributed by atoms with van der Waals surface area (Å²) < 4.78 is 9.22. The molecule has 0 atom stereocenters. The SMILES string of the molecule is c1ccc(-c2ccccc2-c2c(-c3ccccc3)cccc2N(c2cccc(-n3c4ccccc4c4ccccc43)c2)c2cccc3c2oc2ccccc23)cc1. The third kappa shape index (κ3) is 5.43. The van der Waals surface area contributed by atoms with Crippen LogP contribution in [0, 0.1) is 0 Å². The van der Waals surface area contributed by atoms with Gasteiger partial charge in [0.15, 0.2) is 5.58 Å². The third-order valence-electron chi connectivity index (χ3n) is 11.2. The lowest BCUT2D eigenvalue weighted by atomic mass is 9.87. The normalized spacial score (nSPS) is 11.5. The Balaban J connectivity index is 1.24. The van der Waals surface area contributed by atoms with Crippen LogP contribution in [0.2, 0.25) is 0 Å². The van der Waals surface area contributed by atoms with E-state index >= 15 is 0 Å². The first-order valence-electron chi connectivity index (χ1n) is 19.4. The fourth-order valence-corrected chi connectivity index (χ4v) is 8.73. The van der Waals surface area contributed by atoms with Gasteiger partial charge in [0, 0.05) is 38.5 Å². The molecule has 0 N–H and O–H groups in total. The Morgan fingerprint density at radius 1 is 0.368 bits per heavy atom. The first-order chi connectivity index (χ1) is 28.3. The quantitative estimate of drug-likeness (QED) is 0.163. The molecule has 0 bridgehead atoms. The second-order valence-corrected chi connectivity index (χ2v) is 14.5. The number of fused-ring (bicyclic) bond motifs is 6. The predicted molar refractivity (Wildman–Crippen MR) is 239 cm³/mol. The molecule has 0 unspecified atom stereocenters. The molecule has 11 rings (SSSR count). The number of hydrogen-bond donors (Lipinski definition) is 0. The minimum absolute atomic E-state index is 0.841. The highest BCUT2D eigenvalue weighted by Crippen LogP contribution is 2.50. The van der Waals surface area contributed by atoms with Gasteiger partial charge in [-0.15, -0.1) is 0 Å². The number of nitrogens with zero attached hydrogens (tertiary/aromatic N) is 2. The lowest BCUT2D eigenvalue weighted by Gasteiger charge is -2.30. The maximum absolute atomic E-state index is 6.83. The van der Waals surface area contributed by atoms with Crippen molar-refractivity contribution in [2.24, 2.45) is 0 Å². The molecule has 0 saturated carbocycles. The second kappa shape index (κ2) is 13.6. The Labute approximate surface area is 330 Å². The first-order valence-corrected chi connectivity index (χ1v) is 19.4. The van der Waals surface area contributed by atoms with Crippen molar-refractivity contribution in [2.45, 2.75) is 0 Å². The van der Waals surface area contributed by atoms with E-state index in [0.717, 1.165) is 66.9 Å². The molecule has 0 aliphatic carbocycles. The summed E-state index contributed by atoms with van der Waals surface area (Å²) in [5.41, 5.74) is 15.1. The topological polar surface area (TPSA) is 21.3 Å². The van der Waals surface area contributed by atoms with Crippen molar-refractivity contribution in [1.29, 1.82) is 0 Å². The minimum atomic E-state index is 0.841. The fraction of sp³-hybridized carbons (Fsp3) is 0. The molecule has 11 aromatic rings. The van der Waals surface area contributed by atoms with E-state index in [1.54, 1.807) is 0 Å². The van der Waals surface area contributed by atoms with Crippen molar-refractivity contribution in [3.05, 3.63) is 218 Å². The largest absolute Gasteiger partial charge is 0.454 e. The van der Waals surface area contributed by atoms with E-state index in [2.05, 4.69) is 222 Å². The molecule has 9 aromatic carbocycles. The van der Waals surface area contributed by atoms with Crippen LogP contribution >= 0.6 is 0 Å². The van der Waals surface area contributed by atoms with Crippen LogP contribution in [0.4, 0.5) is 17.1 Å². The van der Waals surface area contributed by atoms with Gasteiger partial charge in [-0.1, -0.05) is 170 Å². The van der Waals surface area contributed by atoms with E-state index in [4.69, 9.17) is 4.42 Å². The van der Waals surface area contributed by atoms with Crippen molar-refractivity contribution in [1.82, 2.24) is 4.57 Å². The zero-order chi connectivity index (χ0) is 37.7. The van der Waals surface area contributed by atoms with Gasteiger partial charge in [0.2, 0.25) is 0 Å². The highest BCUT2D eigenvalue weighted by Gasteiger charge is 2.26. The van der Waals surface area contributed by atoms with Crippen molar-refractivity contribution in [3.63, 3.8) is 0 Å². The van der Waals surface area contributed by atoms with Crippen LogP contribution in [0.5, 0.6) is 0 Å². The predicted octanol–water partition coefficient (Wildman–Crippen LogP) is 15.2. The van der Waals surface area contributed by atoms with Crippen molar-refractivity contribution < 1.29 is 4.42 Å². The Morgan fingerprint density at radius 2 is 0.895 bits per heavy atom. The van der Waals surface area contributed by atoms with Gasteiger partial charge in [0.1, 0.15) is 5.58 Å². The lowest BCUT2D eigenvalue weighted by molar-refractivity contribution is 0.669. The number of benzene rings is 9. The van der Waals surface area contributed by atoms with E-state index in [1.807, 2.05) is 6.07 Å². The molecule has 3 heteroatoms.